The van der Waals surface area contributed by atoms with E-state index in [0.717, 1.165) is 5.56 Å². The molecule has 29 heavy (non-hydrogen) atoms. The van der Waals surface area contributed by atoms with Gasteiger partial charge in [-0.3, -0.25) is 4.79 Å². The quantitative estimate of drug-likeness (QED) is 0.308. The summed E-state index contributed by atoms with van der Waals surface area (Å²) in [7, 11) is 0. The van der Waals surface area contributed by atoms with Crippen LogP contribution in [0.4, 0.5) is 0 Å². The fourth-order valence-corrected chi connectivity index (χ4v) is 3.70. The predicted molar refractivity (Wildman–Crippen MR) is 116 cm³/mol. The molecule has 0 aliphatic rings. The third kappa shape index (κ3) is 5.68. The summed E-state index contributed by atoms with van der Waals surface area (Å²) in [5, 5.41) is 0.523. The smallest absolute Gasteiger partial charge is 0.338 e. The number of halogens is 2. The van der Waals surface area contributed by atoms with Crippen LogP contribution in [0.15, 0.2) is 77.3 Å². The second kappa shape index (κ2) is 10.2. The fraction of sp³-hybridized carbons (Fsp3) is 0.130. The Morgan fingerprint density at radius 1 is 0.862 bits per heavy atom. The van der Waals surface area contributed by atoms with Crippen molar-refractivity contribution in [2.45, 2.75) is 6.42 Å². The molecule has 0 spiro atoms. The van der Waals surface area contributed by atoms with E-state index in [1.54, 1.807) is 60.7 Å². The van der Waals surface area contributed by atoms with Crippen molar-refractivity contribution in [2.75, 3.05) is 13.2 Å². The SMILES string of the molecule is O=C(COc1ccc(Cl)c(CCOC(=O)c2ccccc2)c1Br)c1ccccc1. The molecule has 6 heteroatoms. The zero-order valence-corrected chi connectivity index (χ0v) is 17.8. The van der Waals surface area contributed by atoms with Crippen LogP contribution in [-0.2, 0) is 11.2 Å². The molecular weight excluding hydrogens is 456 g/mol. The molecule has 0 saturated carbocycles. The molecule has 148 valence electrons. The molecule has 0 aliphatic carbocycles. The molecule has 3 aromatic carbocycles. The zero-order chi connectivity index (χ0) is 20.6. The lowest BCUT2D eigenvalue weighted by molar-refractivity contribution is 0.0509. The largest absolute Gasteiger partial charge is 0.484 e. The molecule has 3 rings (SSSR count). The summed E-state index contributed by atoms with van der Waals surface area (Å²) in [5.41, 5.74) is 1.83. The van der Waals surface area contributed by atoms with Crippen LogP contribution in [0.5, 0.6) is 5.75 Å². The maximum atomic E-state index is 12.2. The second-order valence-corrected chi connectivity index (χ2v) is 7.37. The van der Waals surface area contributed by atoms with Crippen LogP contribution in [-0.4, -0.2) is 25.0 Å². The number of hydrogen-bond donors (Lipinski definition) is 0. The number of hydrogen-bond acceptors (Lipinski definition) is 4. The van der Waals surface area contributed by atoms with Crippen molar-refractivity contribution in [1.29, 1.82) is 0 Å². The molecule has 0 fully saturated rings. The van der Waals surface area contributed by atoms with E-state index in [0.29, 0.717) is 32.8 Å². The fourth-order valence-electron chi connectivity index (χ4n) is 2.67. The van der Waals surface area contributed by atoms with E-state index in [2.05, 4.69) is 15.9 Å². The first-order chi connectivity index (χ1) is 14.1. The lowest BCUT2D eigenvalue weighted by Crippen LogP contribution is -2.12. The Labute approximate surface area is 182 Å². The van der Waals surface area contributed by atoms with Gasteiger partial charge in [-0.2, -0.15) is 0 Å². The molecule has 3 aromatic rings. The van der Waals surface area contributed by atoms with E-state index in [-0.39, 0.29) is 19.0 Å². The number of ether oxygens (including phenoxy) is 2. The summed E-state index contributed by atoms with van der Waals surface area (Å²) in [6.07, 6.45) is 0.405. The second-order valence-electron chi connectivity index (χ2n) is 6.17. The Morgan fingerprint density at radius 2 is 1.48 bits per heavy atom. The third-order valence-electron chi connectivity index (χ3n) is 4.20. The van der Waals surface area contributed by atoms with Gasteiger partial charge in [-0.1, -0.05) is 60.1 Å². The van der Waals surface area contributed by atoms with E-state index in [1.807, 2.05) is 12.1 Å². The maximum absolute atomic E-state index is 12.2. The third-order valence-corrected chi connectivity index (χ3v) is 5.42. The summed E-state index contributed by atoms with van der Waals surface area (Å²) in [6, 6.07) is 21.1. The summed E-state index contributed by atoms with van der Waals surface area (Å²) < 4.78 is 11.6. The van der Waals surface area contributed by atoms with Crippen LogP contribution >= 0.6 is 27.5 Å². The van der Waals surface area contributed by atoms with Gasteiger partial charge in [-0.05, 0) is 45.8 Å². The number of carbonyl (C=O) groups excluding carboxylic acids is 2. The Morgan fingerprint density at radius 3 is 2.14 bits per heavy atom. The van der Waals surface area contributed by atoms with Crippen LogP contribution in [0.2, 0.25) is 5.02 Å². The average Bonchev–Trinajstić information content (AvgIpc) is 2.76. The standard InChI is InChI=1S/C23H18BrClO4/c24-22-18(13-14-28-23(27)17-9-5-2-6-10-17)19(25)11-12-21(22)29-15-20(26)16-7-3-1-4-8-16/h1-12H,13-15H2. The van der Waals surface area contributed by atoms with Gasteiger partial charge >= 0.3 is 5.97 Å². The van der Waals surface area contributed by atoms with Gasteiger partial charge in [-0.25, -0.2) is 4.79 Å². The van der Waals surface area contributed by atoms with E-state index >= 15 is 0 Å². The van der Waals surface area contributed by atoms with Gasteiger partial charge in [0.05, 0.1) is 16.6 Å². The number of Topliss-reactive ketones (excluding diaryl/α,β-unsaturated/α-hetero) is 1. The van der Waals surface area contributed by atoms with Crippen molar-refractivity contribution in [3.05, 3.63) is 99.0 Å². The van der Waals surface area contributed by atoms with Gasteiger partial charge in [0.1, 0.15) is 5.75 Å². The van der Waals surface area contributed by atoms with Crippen LogP contribution < -0.4 is 4.74 Å². The van der Waals surface area contributed by atoms with Gasteiger partial charge in [0.15, 0.2) is 12.4 Å². The maximum Gasteiger partial charge on any atom is 0.338 e. The van der Waals surface area contributed by atoms with Crippen LogP contribution in [0, 0.1) is 0 Å². The summed E-state index contributed by atoms with van der Waals surface area (Å²) in [4.78, 5) is 24.3. The highest BCUT2D eigenvalue weighted by Gasteiger charge is 2.14. The van der Waals surface area contributed by atoms with Gasteiger partial charge < -0.3 is 9.47 Å². The lowest BCUT2D eigenvalue weighted by atomic mass is 10.1. The first-order valence-electron chi connectivity index (χ1n) is 8.96. The summed E-state index contributed by atoms with van der Waals surface area (Å²) in [6.45, 7) is 0.0745. The molecule has 4 nitrogen and oxygen atoms in total. The number of carbonyl (C=O) groups is 2. The van der Waals surface area contributed by atoms with Crippen molar-refractivity contribution < 1.29 is 19.1 Å². The van der Waals surface area contributed by atoms with Crippen molar-refractivity contribution in [1.82, 2.24) is 0 Å². The van der Waals surface area contributed by atoms with Crippen LogP contribution in [0.3, 0.4) is 0 Å². The minimum absolute atomic E-state index is 0.0906. The van der Waals surface area contributed by atoms with Gasteiger partial charge in [0.25, 0.3) is 0 Å². The topological polar surface area (TPSA) is 52.6 Å². The molecule has 0 amide bonds. The van der Waals surface area contributed by atoms with E-state index in [4.69, 9.17) is 21.1 Å². The van der Waals surface area contributed by atoms with Gasteiger partial charge in [0, 0.05) is 17.0 Å². The van der Waals surface area contributed by atoms with Gasteiger partial charge in [0.2, 0.25) is 0 Å². The molecule has 0 saturated heterocycles. The summed E-state index contributed by atoms with van der Waals surface area (Å²) in [5.74, 6) is -0.00688. The molecule has 0 unspecified atom stereocenters. The van der Waals surface area contributed by atoms with Crippen molar-refractivity contribution >= 4 is 39.3 Å². The molecule has 0 heterocycles. The average molecular weight is 474 g/mol. The Hall–Kier alpha value is -2.63. The summed E-state index contributed by atoms with van der Waals surface area (Å²) >= 11 is 9.79. The number of benzene rings is 3. The highest BCUT2D eigenvalue weighted by Crippen LogP contribution is 2.34. The molecular formula is C23H18BrClO4. The molecule has 0 aromatic heterocycles. The molecule has 0 atom stereocenters. The highest BCUT2D eigenvalue weighted by atomic mass is 79.9. The Bertz CT molecular complexity index is 991. The first-order valence-corrected chi connectivity index (χ1v) is 10.1. The molecule has 0 radical (unpaired) electrons. The zero-order valence-electron chi connectivity index (χ0n) is 15.4. The predicted octanol–water partition coefficient (Wildman–Crippen LogP) is 5.76. The van der Waals surface area contributed by atoms with E-state index < -0.39 is 5.97 Å². The van der Waals surface area contributed by atoms with Crippen molar-refractivity contribution in [3.8, 4) is 5.75 Å². The van der Waals surface area contributed by atoms with Crippen molar-refractivity contribution in [2.24, 2.45) is 0 Å². The Balaban J connectivity index is 1.61. The lowest BCUT2D eigenvalue weighted by Gasteiger charge is -2.13. The van der Waals surface area contributed by atoms with Crippen molar-refractivity contribution in [3.63, 3.8) is 0 Å². The van der Waals surface area contributed by atoms with E-state index in [1.165, 1.54) is 0 Å². The van der Waals surface area contributed by atoms with Gasteiger partial charge in [-0.15, -0.1) is 0 Å². The highest BCUT2D eigenvalue weighted by molar-refractivity contribution is 9.10. The first kappa shape index (κ1) is 21.1. The normalized spacial score (nSPS) is 10.4. The number of rotatable bonds is 8. The number of esters is 1. The molecule has 0 N–H and O–H groups in total. The minimum atomic E-state index is -0.390. The molecule has 0 bridgehead atoms. The van der Waals surface area contributed by atoms with Crippen LogP contribution in [0.1, 0.15) is 26.3 Å². The molecule has 0 aliphatic heterocycles. The minimum Gasteiger partial charge on any atom is -0.484 e. The Kier molecular flexibility index (Phi) is 7.44. The monoisotopic (exact) mass is 472 g/mol. The van der Waals surface area contributed by atoms with Crippen LogP contribution in [0.25, 0.3) is 0 Å². The van der Waals surface area contributed by atoms with E-state index in [9.17, 15) is 9.59 Å². The number of ketones is 1.